The van der Waals surface area contributed by atoms with E-state index in [-0.39, 0.29) is 5.82 Å². The van der Waals surface area contributed by atoms with Crippen LogP contribution in [0.4, 0.5) is 21.8 Å². The molecular formula is C17H16FN5. The summed E-state index contributed by atoms with van der Waals surface area (Å²) in [4.78, 5) is 12.9. The van der Waals surface area contributed by atoms with E-state index in [1.165, 1.54) is 12.1 Å². The van der Waals surface area contributed by atoms with E-state index < -0.39 is 0 Å². The van der Waals surface area contributed by atoms with Crippen molar-refractivity contribution in [3.05, 3.63) is 60.7 Å². The maximum atomic E-state index is 13.0. The minimum absolute atomic E-state index is 0.274. The monoisotopic (exact) mass is 309 g/mol. The number of halogens is 1. The van der Waals surface area contributed by atoms with Crippen LogP contribution in [0.3, 0.4) is 0 Å². The molecule has 2 heterocycles. The molecule has 3 aromatic rings. The van der Waals surface area contributed by atoms with Gasteiger partial charge in [0, 0.05) is 36.3 Å². The highest BCUT2D eigenvalue weighted by Crippen LogP contribution is 2.23. The summed E-state index contributed by atoms with van der Waals surface area (Å²) in [5.74, 6) is 0.893. The summed E-state index contributed by atoms with van der Waals surface area (Å²) in [6.07, 6.45) is 3.44. The topological polar surface area (TPSA) is 62.7 Å². The quantitative estimate of drug-likeness (QED) is 0.749. The van der Waals surface area contributed by atoms with Crippen LogP contribution in [-0.4, -0.2) is 21.5 Å². The second-order valence-corrected chi connectivity index (χ2v) is 4.86. The number of hydrogen-bond acceptors (Lipinski definition) is 5. The van der Waals surface area contributed by atoms with Crippen LogP contribution in [0.2, 0.25) is 0 Å². The lowest BCUT2D eigenvalue weighted by molar-refractivity contribution is 0.628. The molecule has 116 valence electrons. The average molecular weight is 309 g/mol. The Bertz CT molecular complexity index is 775. The second kappa shape index (κ2) is 6.83. The van der Waals surface area contributed by atoms with E-state index in [0.29, 0.717) is 11.8 Å². The molecule has 0 saturated heterocycles. The SMILES string of the molecule is CCNc1nc(Nc2ccc(F)cc2)cc(-c2ccncc2)n1. The zero-order valence-electron chi connectivity index (χ0n) is 12.6. The molecule has 6 heteroatoms. The normalized spacial score (nSPS) is 10.3. The third-order valence-electron chi connectivity index (χ3n) is 3.15. The molecule has 0 amide bonds. The van der Waals surface area contributed by atoms with Crippen LogP contribution in [0.25, 0.3) is 11.3 Å². The molecule has 5 nitrogen and oxygen atoms in total. The van der Waals surface area contributed by atoms with Crippen molar-refractivity contribution in [3.63, 3.8) is 0 Å². The summed E-state index contributed by atoms with van der Waals surface area (Å²) >= 11 is 0. The van der Waals surface area contributed by atoms with Crippen LogP contribution in [0.15, 0.2) is 54.9 Å². The molecule has 0 aliphatic carbocycles. The predicted octanol–water partition coefficient (Wildman–Crippen LogP) is 3.85. The number of rotatable bonds is 5. The van der Waals surface area contributed by atoms with Crippen LogP contribution in [0.1, 0.15) is 6.92 Å². The van der Waals surface area contributed by atoms with E-state index in [9.17, 15) is 4.39 Å². The summed E-state index contributed by atoms with van der Waals surface area (Å²) < 4.78 is 13.0. The van der Waals surface area contributed by atoms with Crippen LogP contribution in [-0.2, 0) is 0 Å². The summed E-state index contributed by atoms with van der Waals surface area (Å²) in [6.45, 7) is 2.70. The standard InChI is InChI=1S/C17H16FN5/c1-2-20-17-22-15(12-7-9-19-10-8-12)11-16(23-17)21-14-5-3-13(18)4-6-14/h3-11H,2H2,1H3,(H2,20,21,22,23). The number of pyridine rings is 1. The van der Waals surface area contributed by atoms with Gasteiger partial charge in [-0.3, -0.25) is 4.98 Å². The number of nitrogens with zero attached hydrogens (tertiary/aromatic N) is 3. The molecular weight excluding hydrogens is 293 g/mol. The predicted molar refractivity (Wildman–Crippen MR) is 89.1 cm³/mol. The van der Waals surface area contributed by atoms with Crippen molar-refractivity contribution in [1.82, 2.24) is 15.0 Å². The molecule has 0 fully saturated rings. The van der Waals surface area contributed by atoms with Gasteiger partial charge in [0.1, 0.15) is 11.6 Å². The van der Waals surface area contributed by atoms with Gasteiger partial charge in [0.05, 0.1) is 5.69 Å². The molecule has 0 aliphatic heterocycles. The minimum atomic E-state index is -0.274. The number of nitrogens with one attached hydrogen (secondary N) is 2. The first kappa shape index (κ1) is 14.9. The number of anilines is 3. The van der Waals surface area contributed by atoms with Gasteiger partial charge in [-0.2, -0.15) is 4.98 Å². The third-order valence-corrected chi connectivity index (χ3v) is 3.15. The molecule has 3 rings (SSSR count). The smallest absolute Gasteiger partial charge is 0.225 e. The third kappa shape index (κ3) is 3.79. The van der Waals surface area contributed by atoms with Gasteiger partial charge in [-0.25, -0.2) is 9.37 Å². The molecule has 1 aromatic carbocycles. The molecule has 2 aromatic heterocycles. The van der Waals surface area contributed by atoms with Crippen molar-refractivity contribution >= 4 is 17.5 Å². The van der Waals surface area contributed by atoms with Crippen molar-refractivity contribution in [3.8, 4) is 11.3 Å². The Labute approximate surface area is 133 Å². The molecule has 23 heavy (non-hydrogen) atoms. The Hall–Kier alpha value is -3.02. The molecule has 0 saturated carbocycles. The van der Waals surface area contributed by atoms with Gasteiger partial charge in [-0.15, -0.1) is 0 Å². The molecule has 0 spiro atoms. The van der Waals surface area contributed by atoms with Crippen LogP contribution in [0, 0.1) is 5.82 Å². The van der Waals surface area contributed by atoms with Crippen LogP contribution in [0.5, 0.6) is 0 Å². The van der Waals surface area contributed by atoms with Gasteiger partial charge in [-0.1, -0.05) is 0 Å². The van der Waals surface area contributed by atoms with E-state index in [1.54, 1.807) is 24.5 Å². The molecule has 0 aliphatic rings. The van der Waals surface area contributed by atoms with E-state index in [0.717, 1.165) is 23.5 Å². The van der Waals surface area contributed by atoms with Crippen LogP contribution >= 0.6 is 0 Å². The fourth-order valence-corrected chi connectivity index (χ4v) is 2.10. The molecule has 0 bridgehead atoms. The summed E-state index contributed by atoms with van der Waals surface area (Å²) in [6, 6.07) is 11.8. The van der Waals surface area contributed by atoms with Crippen molar-refractivity contribution in [1.29, 1.82) is 0 Å². The number of aromatic nitrogens is 3. The van der Waals surface area contributed by atoms with Gasteiger partial charge < -0.3 is 10.6 Å². The maximum absolute atomic E-state index is 13.0. The summed E-state index contributed by atoms with van der Waals surface area (Å²) in [7, 11) is 0. The first-order valence-corrected chi connectivity index (χ1v) is 7.30. The summed E-state index contributed by atoms with van der Waals surface area (Å²) in [5, 5.41) is 6.28. The fourth-order valence-electron chi connectivity index (χ4n) is 2.10. The molecule has 0 radical (unpaired) electrons. The first-order valence-electron chi connectivity index (χ1n) is 7.30. The highest BCUT2D eigenvalue weighted by molar-refractivity contribution is 5.67. The minimum Gasteiger partial charge on any atom is -0.354 e. The van der Waals surface area contributed by atoms with E-state index in [4.69, 9.17) is 0 Å². The Morgan fingerprint density at radius 1 is 1.00 bits per heavy atom. The molecule has 0 unspecified atom stereocenters. The average Bonchev–Trinajstić information content (AvgIpc) is 2.58. The fraction of sp³-hybridized carbons (Fsp3) is 0.118. The van der Waals surface area contributed by atoms with Crippen LogP contribution < -0.4 is 10.6 Å². The van der Waals surface area contributed by atoms with Crippen molar-refractivity contribution in [2.45, 2.75) is 6.92 Å². The lowest BCUT2D eigenvalue weighted by Gasteiger charge is -2.10. The van der Waals surface area contributed by atoms with E-state index in [1.807, 2.05) is 25.1 Å². The van der Waals surface area contributed by atoms with E-state index >= 15 is 0 Å². The zero-order valence-corrected chi connectivity index (χ0v) is 12.6. The van der Waals surface area contributed by atoms with Gasteiger partial charge in [0.2, 0.25) is 5.95 Å². The molecule has 2 N–H and O–H groups in total. The Balaban J connectivity index is 1.95. The largest absolute Gasteiger partial charge is 0.354 e. The highest BCUT2D eigenvalue weighted by Gasteiger charge is 2.07. The Morgan fingerprint density at radius 3 is 2.43 bits per heavy atom. The molecule has 0 atom stereocenters. The summed E-state index contributed by atoms with van der Waals surface area (Å²) in [5.41, 5.74) is 2.49. The lowest BCUT2D eigenvalue weighted by Crippen LogP contribution is -2.05. The Kier molecular flexibility index (Phi) is 4.42. The number of hydrogen-bond donors (Lipinski definition) is 2. The lowest BCUT2D eigenvalue weighted by atomic mass is 10.2. The van der Waals surface area contributed by atoms with Crippen molar-refractivity contribution in [2.24, 2.45) is 0 Å². The highest BCUT2D eigenvalue weighted by atomic mass is 19.1. The van der Waals surface area contributed by atoms with Gasteiger partial charge in [0.25, 0.3) is 0 Å². The number of benzene rings is 1. The van der Waals surface area contributed by atoms with Crippen molar-refractivity contribution in [2.75, 3.05) is 17.2 Å². The van der Waals surface area contributed by atoms with E-state index in [2.05, 4.69) is 25.6 Å². The van der Waals surface area contributed by atoms with Gasteiger partial charge >= 0.3 is 0 Å². The maximum Gasteiger partial charge on any atom is 0.225 e. The van der Waals surface area contributed by atoms with Gasteiger partial charge in [-0.05, 0) is 43.3 Å². The zero-order chi connectivity index (χ0) is 16.1. The first-order chi connectivity index (χ1) is 11.2. The van der Waals surface area contributed by atoms with Crippen molar-refractivity contribution < 1.29 is 4.39 Å². The second-order valence-electron chi connectivity index (χ2n) is 4.86. The Morgan fingerprint density at radius 2 is 1.74 bits per heavy atom. The van der Waals surface area contributed by atoms with Gasteiger partial charge in [0.15, 0.2) is 0 Å².